The Morgan fingerprint density at radius 3 is 2.42 bits per heavy atom. The van der Waals surface area contributed by atoms with E-state index in [0.717, 1.165) is 5.75 Å². The van der Waals surface area contributed by atoms with Crippen molar-refractivity contribution in [3.05, 3.63) is 29.8 Å². The molecule has 0 aliphatic heterocycles. The van der Waals surface area contributed by atoms with E-state index in [1.807, 2.05) is 0 Å². The van der Waals surface area contributed by atoms with E-state index in [2.05, 4.69) is 23.9 Å². The van der Waals surface area contributed by atoms with E-state index in [1.54, 1.807) is 36.0 Å². The number of amides is 1. The van der Waals surface area contributed by atoms with Gasteiger partial charge in [-0.1, -0.05) is 13.8 Å². The number of rotatable bonds is 6. The predicted molar refractivity (Wildman–Crippen MR) is 78.6 cm³/mol. The normalized spacial score (nSPS) is 10.3. The molecule has 1 N–H and O–H groups in total. The van der Waals surface area contributed by atoms with Gasteiger partial charge in [0.05, 0.1) is 18.4 Å². The molecule has 0 aromatic heterocycles. The predicted octanol–water partition coefficient (Wildman–Crippen LogP) is 2.80. The first-order valence-electron chi connectivity index (χ1n) is 6.09. The van der Waals surface area contributed by atoms with Gasteiger partial charge in [0.15, 0.2) is 0 Å². The monoisotopic (exact) mass is 281 g/mol. The number of carbonyl (C=O) groups is 2. The van der Waals surface area contributed by atoms with Gasteiger partial charge in [-0.25, -0.2) is 4.79 Å². The molecule has 1 aromatic rings. The Morgan fingerprint density at radius 2 is 1.89 bits per heavy atom. The molecule has 0 aliphatic rings. The lowest BCUT2D eigenvalue weighted by atomic mass is 10.2. The van der Waals surface area contributed by atoms with Crippen molar-refractivity contribution in [2.45, 2.75) is 13.8 Å². The molecular formula is C14H19NO3S. The van der Waals surface area contributed by atoms with Crippen molar-refractivity contribution in [3.8, 4) is 0 Å². The van der Waals surface area contributed by atoms with Crippen LogP contribution in [-0.2, 0) is 9.53 Å². The number of anilines is 1. The van der Waals surface area contributed by atoms with Crippen LogP contribution in [0, 0.1) is 5.92 Å². The number of nitrogens with one attached hydrogen (secondary N) is 1. The summed E-state index contributed by atoms with van der Waals surface area (Å²) in [5, 5.41) is 2.79. The first kappa shape index (κ1) is 15.6. The van der Waals surface area contributed by atoms with Crippen molar-refractivity contribution in [2.75, 3.05) is 23.9 Å². The number of benzene rings is 1. The lowest BCUT2D eigenvalue weighted by molar-refractivity contribution is -0.113. The Labute approximate surface area is 117 Å². The standard InChI is InChI=1S/C14H19NO3S/c1-10(2)8-19-9-13(16)15-12-6-4-11(5-7-12)14(17)18-3/h4-7,10H,8-9H2,1-3H3,(H,15,16). The summed E-state index contributed by atoms with van der Waals surface area (Å²) in [6, 6.07) is 6.64. The fourth-order valence-electron chi connectivity index (χ4n) is 1.39. The van der Waals surface area contributed by atoms with Crippen molar-refractivity contribution in [1.82, 2.24) is 0 Å². The first-order chi connectivity index (χ1) is 9.02. The largest absolute Gasteiger partial charge is 0.465 e. The highest BCUT2D eigenvalue weighted by atomic mass is 32.2. The van der Waals surface area contributed by atoms with Gasteiger partial charge in [0.2, 0.25) is 5.91 Å². The van der Waals surface area contributed by atoms with Crippen molar-refractivity contribution in [1.29, 1.82) is 0 Å². The number of hydrogen-bond acceptors (Lipinski definition) is 4. The zero-order valence-corrected chi connectivity index (χ0v) is 12.3. The quantitative estimate of drug-likeness (QED) is 0.815. The lowest BCUT2D eigenvalue weighted by Gasteiger charge is -2.07. The zero-order valence-electron chi connectivity index (χ0n) is 11.4. The van der Waals surface area contributed by atoms with E-state index in [9.17, 15) is 9.59 Å². The van der Waals surface area contributed by atoms with Gasteiger partial charge in [0.25, 0.3) is 0 Å². The van der Waals surface area contributed by atoms with Crippen LogP contribution in [0.5, 0.6) is 0 Å². The third kappa shape index (κ3) is 5.79. The second-order valence-corrected chi connectivity index (χ2v) is 5.56. The molecule has 19 heavy (non-hydrogen) atoms. The average Bonchev–Trinajstić information content (AvgIpc) is 2.38. The molecule has 0 saturated heterocycles. The first-order valence-corrected chi connectivity index (χ1v) is 7.24. The van der Waals surface area contributed by atoms with Crippen LogP contribution in [-0.4, -0.2) is 30.5 Å². The fourth-order valence-corrected chi connectivity index (χ4v) is 2.24. The maximum absolute atomic E-state index is 11.6. The molecule has 4 nitrogen and oxygen atoms in total. The van der Waals surface area contributed by atoms with E-state index >= 15 is 0 Å². The summed E-state index contributed by atoms with van der Waals surface area (Å²) in [6.07, 6.45) is 0. The number of ether oxygens (including phenoxy) is 1. The number of esters is 1. The van der Waals surface area contributed by atoms with E-state index in [-0.39, 0.29) is 11.9 Å². The fraction of sp³-hybridized carbons (Fsp3) is 0.429. The smallest absolute Gasteiger partial charge is 0.337 e. The number of carbonyl (C=O) groups excluding carboxylic acids is 2. The van der Waals surface area contributed by atoms with Gasteiger partial charge in [-0.2, -0.15) is 11.8 Å². The second-order valence-electron chi connectivity index (χ2n) is 4.53. The van der Waals surface area contributed by atoms with Crippen molar-refractivity contribution in [3.63, 3.8) is 0 Å². The summed E-state index contributed by atoms with van der Waals surface area (Å²) >= 11 is 1.61. The molecule has 0 fully saturated rings. The summed E-state index contributed by atoms with van der Waals surface area (Å²) in [4.78, 5) is 22.9. The third-order valence-electron chi connectivity index (χ3n) is 2.27. The number of hydrogen-bond donors (Lipinski definition) is 1. The topological polar surface area (TPSA) is 55.4 Å². The summed E-state index contributed by atoms with van der Waals surface area (Å²) < 4.78 is 4.60. The maximum atomic E-state index is 11.6. The van der Waals surface area contributed by atoms with Crippen LogP contribution in [0.25, 0.3) is 0 Å². The summed E-state index contributed by atoms with van der Waals surface area (Å²) in [5.41, 5.74) is 1.15. The Morgan fingerprint density at radius 1 is 1.26 bits per heavy atom. The Kier molecular flexibility index (Phi) is 6.42. The van der Waals surface area contributed by atoms with Gasteiger partial charge < -0.3 is 10.1 Å². The molecule has 0 unspecified atom stereocenters. The van der Waals surface area contributed by atoms with Crippen LogP contribution in [0.2, 0.25) is 0 Å². The van der Waals surface area contributed by atoms with Crippen LogP contribution < -0.4 is 5.32 Å². The van der Waals surface area contributed by atoms with E-state index in [0.29, 0.717) is 22.9 Å². The minimum absolute atomic E-state index is 0.0310. The molecule has 0 saturated carbocycles. The molecule has 1 aromatic carbocycles. The van der Waals surface area contributed by atoms with Gasteiger partial charge in [-0.3, -0.25) is 4.79 Å². The molecule has 1 amide bonds. The Hall–Kier alpha value is -1.49. The van der Waals surface area contributed by atoms with Crippen LogP contribution in [0.3, 0.4) is 0 Å². The minimum atomic E-state index is -0.384. The van der Waals surface area contributed by atoms with Crippen LogP contribution >= 0.6 is 11.8 Å². The highest BCUT2D eigenvalue weighted by Gasteiger charge is 2.06. The van der Waals surface area contributed by atoms with Gasteiger partial charge in [0, 0.05) is 5.69 Å². The van der Waals surface area contributed by atoms with Gasteiger partial charge in [-0.05, 0) is 35.9 Å². The number of methoxy groups -OCH3 is 1. The summed E-state index contributed by atoms with van der Waals surface area (Å²) in [5.74, 6) is 1.57. The summed E-state index contributed by atoms with van der Waals surface area (Å²) in [7, 11) is 1.34. The molecule has 0 heterocycles. The molecule has 1 rings (SSSR count). The summed E-state index contributed by atoms with van der Waals surface area (Å²) in [6.45, 7) is 4.24. The highest BCUT2D eigenvalue weighted by Crippen LogP contribution is 2.12. The maximum Gasteiger partial charge on any atom is 0.337 e. The molecule has 0 spiro atoms. The lowest BCUT2D eigenvalue weighted by Crippen LogP contribution is -2.15. The SMILES string of the molecule is COC(=O)c1ccc(NC(=O)CSCC(C)C)cc1. The molecular weight excluding hydrogens is 262 g/mol. The molecule has 0 atom stereocenters. The van der Waals surface area contributed by atoms with Gasteiger partial charge in [-0.15, -0.1) is 0 Å². The Bertz CT molecular complexity index is 429. The molecule has 104 valence electrons. The highest BCUT2D eigenvalue weighted by molar-refractivity contribution is 7.99. The van der Waals surface area contributed by atoms with Gasteiger partial charge >= 0.3 is 5.97 Å². The third-order valence-corrected chi connectivity index (χ3v) is 3.64. The van der Waals surface area contributed by atoms with Crippen LogP contribution in [0.15, 0.2) is 24.3 Å². The van der Waals surface area contributed by atoms with Crippen molar-refractivity contribution < 1.29 is 14.3 Å². The van der Waals surface area contributed by atoms with Crippen LogP contribution in [0.4, 0.5) is 5.69 Å². The Balaban J connectivity index is 2.44. The van der Waals surface area contributed by atoms with E-state index < -0.39 is 0 Å². The van der Waals surface area contributed by atoms with Crippen molar-refractivity contribution in [2.24, 2.45) is 5.92 Å². The molecule has 5 heteroatoms. The van der Waals surface area contributed by atoms with Gasteiger partial charge in [0.1, 0.15) is 0 Å². The average molecular weight is 281 g/mol. The molecule has 0 aliphatic carbocycles. The zero-order chi connectivity index (χ0) is 14.3. The molecule has 0 radical (unpaired) electrons. The number of thioether (sulfide) groups is 1. The van der Waals surface area contributed by atoms with Crippen LogP contribution in [0.1, 0.15) is 24.2 Å². The molecule has 0 bridgehead atoms. The second kappa shape index (κ2) is 7.84. The minimum Gasteiger partial charge on any atom is -0.465 e. The van der Waals surface area contributed by atoms with E-state index in [4.69, 9.17) is 0 Å². The van der Waals surface area contributed by atoms with E-state index in [1.165, 1.54) is 7.11 Å². The van der Waals surface area contributed by atoms with Crippen molar-refractivity contribution >= 4 is 29.3 Å².